The van der Waals surface area contributed by atoms with Gasteiger partial charge in [-0.25, -0.2) is 4.39 Å². The molecule has 0 bridgehead atoms. The van der Waals surface area contributed by atoms with Crippen molar-refractivity contribution in [1.82, 2.24) is 4.98 Å². The van der Waals surface area contributed by atoms with E-state index in [2.05, 4.69) is 15.6 Å². The summed E-state index contributed by atoms with van der Waals surface area (Å²) in [4.78, 5) is 16.2. The van der Waals surface area contributed by atoms with Crippen molar-refractivity contribution in [2.75, 3.05) is 10.6 Å². The molecule has 5 nitrogen and oxygen atoms in total. The third kappa shape index (κ3) is 3.67. The van der Waals surface area contributed by atoms with Gasteiger partial charge in [-0.1, -0.05) is 6.07 Å². The first-order chi connectivity index (χ1) is 11.6. The second kappa shape index (κ2) is 6.78. The Morgan fingerprint density at radius 1 is 1.00 bits per heavy atom. The first kappa shape index (κ1) is 15.5. The van der Waals surface area contributed by atoms with Gasteiger partial charge in [-0.15, -0.1) is 0 Å². The number of phenols is 1. The lowest BCUT2D eigenvalue weighted by Crippen LogP contribution is -2.14. The van der Waals surface area contributed by atoms with E-state index in [4.69, 9.17) is 0 Å². The fourth-order valence-electron chi connectivity index (χ4n) is 2.11. The maximum atomic E-state index is 13.6. The standard InChI is InChI=1S/C18H14FN3O2/c19-12-4-9-15(21-13-5-7-14(23)8-6-13)17(11-12)22-18(24)16-3-1-2-10-20-16/h1-11,21,23H,(H,22,24). The highest BCUT2D eigenvalue weighted by atomic mass is 19.1. The van der Waals surface area contributed by atoms with Gasteiger partial charge in [0.25, 0.3) is 5.91 Å². The van der Waals surface area contributed by atoms with E-state index in [0.717, 1.165) is 0 Å². The van der Waals surface area contributed by atoms with Crippen LogP contribution in [0.15, 0.2) is 66.9 Å². The number of nitrogens with one attached hydrogen (secondary N) is 2. The Balaban J connectivity index is 1.85. The summed E-state index contributed by atoms with van der Waals surface area (Å²) in [6, 6.07) is 15.4. The molecule has 0 saturated carbocycles. The number of benzene rings is 2. The second-order valence-corrected chi connectivity index (χ2v) is 5.03. The number of halogens is 1. The van der Waals surface area contributed by atoms with Crippen LogP contribution in [-0.2, 0) is 0 Å². The van der Waals surface area contributed by atoms with Gasteiger partial charge in [-0.2, -0.15) is 0 Å². The molecular weight excluding hydrogens is 309 g/mol. The predicted octanol–water partition coefficient (Wildman–Crippen LogP) is 3.92. The quantitative estimate of drug-likeness (QED) is 0.636. The number of nitrogens with zero attached hydrogens (tertiary/aromatic N) is 1. The number of hydrogen-bond acceptors (Lipinski definition) is 4. The second-order valence-electron chi connectivity index (χ2n) is 5.03. The van der Waals surface area contributed by atoms with E-state index in [1.807, 2.05) is 0 Å². The molecule has 120 valence electrons. The van der Waals surface area contributed by atoms with Crippen molar-refractivity contribution in [3.8, 4) is 5.75 Å². The number of aromatic nitrogens is 1. The molecule has 0 atom stereocenters. The molecule has 0 spiro atoms. The summed E-state index contributed by atoms with van der Waals surface area (Å²) in [5.41, 5.74) is 1.73. The molecule has 2 aromatic carbocycles. The fraction of sp³-hybridized carbons (Fsp3) is 0. The summed E-state index contributed by atoms with van der Waals surface area (Å²) in [5, 5.41) is 15.0. The molecule has 0 saturated heterocycles. The first-order valence-corrected chi connectivity index (χ1v) is 7.20. The molecule has 24 heavy (non-hydrogen) atoms. The Bertz CT molecular complexity index is 852. The van der Waals surface area contributed by atoms with Gasteiger partial charge in [0.15, 0.2) is 0 Å². The van der Waals surface area contributed by atoms with Gasteiger partial charge in [-0.3, -0.25) is 9.78 Å². The van der Waals surface area contributed by atoms with Crippen LogP contribution in [0.25, 0.3) is 0 Å². The minimum atomic E-state index is -0.470. The van der Waals surface area contributed by atoms with Crippen LogP contribution in [0.3, 0.4) is 0 Å². The number of hydrogen-bond donors (Lipinski definition) is 3. The largest absolute Gasteiger partial charge is 0.508 e. The fourth-order valence-corrected chi connectivity index (χ4v) is 2.11. The van der Waals surface area contributed by atoms with Gasteiger partial charge in [0.05, 0.1) is 11.4 Å². The van der Waals surface area contributed by atoms with Gasteiger partial charge >= 0.3 is 0 Å². The summed E-state index contributed by atoms with van der Waals surface area (Å²) in [6.45, 7) is 0. The number of carbonyl (C=O) groups is 1. The summed E-state index contributed by atoms with van der Waals surface area (Å²) < 4.78 is 13.6. The van der Waals surface area contributed by atoms with Crippen molar-refractivity contribution in [2.45, 2.75) is 0 Å². The minimum absolute atomic E-state index is 0.142. The van der Waals surface area contributed by atoms with E-state index in [0.29, 0.717) is 17.1 Å². The Hall–Kier alpha value is -3.41. The normalized spacial score (nSPS) is 10.2. The average Bonchev–Trinajstić information content (AvgIpc) is 2.60. The zero-order valence-electron chi connectivity index (χ0n) is 12.5. The molecule has 0 unspecified atom stereocenters. The summed E-state index contributed by atoms with van der Waals surface area (Å²) in [6.07, 6.45) is 1.51. The maximum absolute atomic E-state index is 13.6. The molecule has 0 radical (unpaired) electrons. The lowest BCUT2D eigenvalue weighted by molar-refractivity contribution is 0.102. The molecule has 6 heteroatoms. The molecule has 0 aliphatic carbocycles. The van der Waals surface area contributed by atoms with Crippen LogP contribution in [-0.4, -0.2) is 16.0 Å². The van der Waals surface area contributed by atoms with Crippen LogP contribution in [0.1, 0.15) is 10.5 Å². The van der Waals surface area contributed by atoms with Gasteiger partial charge < -0.3 is 15.7 Å². The van der Waals surface area contributed by atoms with E-state index in [1.54, 1.807) is 30.3 Å². The van der Waals surface area contributed by atoms with Crippen LogP contribution in [0.2, 0.25) is 0 Å². The van der Waals surface area contributed by atoms with Gasteiger partial charge in [0.2, 0.25) is 0 Å². The minimum Gasteiger partial charge on any atom is -0.508 e. The van der Waals surface area contributed by atoms with Crippen molar-refractivity contribution >= 4 is 23.0 Å². The van der Waals surface area contributed by atoms with Crippen LogP contribution < -0.4 is 10.6 Å². The Morgan fingerprint density at radius 3 is 2.50 bits per heavy atom. The SMILES string of the molecule is O=C(Nc1cc(F)ccc1Nc1ccc(O)cc1)c1ccccn1. The van der Waals surface area contributed by atoms with Crippen molar-refractivity contribution in [1.29, 1.82) is 0 Å². The lowest BCUT2D eigenvalue weighted by atomic mass is 10.2. The third-order valence-corrected chi connectivity index (χ3v) is 3.27. The molecule has 0 aliphatic rings. The Labute approximate surface area is 137 Å². The zero-order chi connectivity index (χ0) is 16.9. The number of aromatic hydroxyl groups is 1. The summed E-state index contributed by atoms with van der Waals surface area (Å²) in [5.74, 6) is -0.763. The molecule has 3 rings (SSSR count). The predicted molar refractivity (Wildman–Crippen MR) is 90.0 cm³/mol. The highest BCUT2D eigenvalue weighted by molar-refractivity contribution is 6.04. The number of carbonyl (C=O) groups excluding carboxylic acids is 1. The molecule has 0 aliphatic heterocycles. The smallest absolute Gasteiger partial charge is 0.274 e. The molecule has 0 fully saturated rings. The first-order valence-electron chi connectivity index (χ1n) is 7.20. The molecular formula is C18H14FN3O2. The van der Waals surface area contributed by atoms with Crippen LogP contribution in [0.5, 0.6) is 5.75 Å². The highest BCUT2D eigenvalue weighted by Gasteiger charge is 2.11. The van der Waals surface area contributed by atoms with E-state index >= 15 is 0 Å². The summed E-state index contributed by atoms with van der Waals surface area (Å²) in [7, 11) is 0. The number of anilines is 3. The van der Waals surface area contributed by atoms with Gasteiger partial charge in [0.1, 0.15) is 17.3 Å². The van der Waals surface area contributed by atoms with Crippen molar-refractivity contribution in [2.24, 2.45) is 0 Å². The van der Waals surface area contributed by atoms with Gasteiger partial charge in [-0.05, 0) is 54.6 Å². The van der Waals surface area contributed by atoms with Crippen molar-refractivity contribution < 1.29 is 14.3 Å². The molecule has 3 N–H and O–H groups in total. The van der Waals surface area contributed by atoms with Gasteiger partial charge in [0, 0.05) is 11.9 Å². The van der Waals surface area contributed by atoms with Crippen LogP contribution in [0.4, 0.5) is 21.5 Å². The lowest BCUT2D eigenvalue weighted by Gasteiger charge is -2.13. The Morgan fingerprint density at radius 2 is 1.79 bits per heavy atom. The van der Waals surface area contributed by atoms with E-state index in [1.165, 1.54) is 36.5 Å². The van der Waals surface area contributed by atoms with Crippen LogP contribution >= 0.6 is 0 Å². The number of pyridine rings is 1. The van der Waals surface area contributed by atoms with E-state index < -0.39 is 11.7 Å². The topological polar surface area (TPSA) is 74.2 Å². The number of rotatable bonds is 4. The van der Waals surface area contributed by atoms with E-state index in [9.17, 15) is 14.3 Å². The van der Waals surface area contributed by atoms with Crippen molar-refractivity contribution in [3.05, 3.63) is 78.4 Å². The molecule has 3 aromatic rings. The average molecular weight is 323 g/mol. The van der Waals surface area contributed by atoms with E-state index in [-0.39, 0.29) is 11.4 Å². The Kier molecular flexibility index (Phi) is 4.38. The third-order valence-electron chi connectivity index (χ3n) is 3.27. The zero-order valence-corrected chi connectivity index (χ0v) is 12.5. The number of amides is 1. The molecule has 1 amide bonds. The molecule has 1 aromatic heterocycles. The maximum Gasteiger partial charge on any atom is 0.274 e. The molecule has 1 heterocycles. The highest BCUT2D eigenvalue weighted by Crippen LogP contribution is 2.27. The van der Waals surface area contributed by atoms with Crippen molar-refractivity contribution in [3.63, 3.8) is 0 Å². The summed E-state index contributed by atoms with van der Waals surface area (Å²) >= 11 is 0. The van der Waals surface area contributed by atoms with Crippen LogP contribution in [0, 0.1) is 5.82 Å². The monoisotopic (exact) mass is 323 g/mol. The number of phenolic OH excluding ortho intramolecular Hbond substituents is 1.